The molecule has 3 rings (SSSR count). The number of aromatic hydroxyl groups is 1. The Morgan fingerprint density at radius 3 is 2.65 bits per heavy atom. The molecule has 0 bridgehead atoms. The second-order valence-electron chi connectivity index (χ2n) is 4.83. The minimum atomic E-state index is -0.339. The molecule has 90 valence electrons. The molecule has 2 fully saturated rings. The van der Waals surface area contributed by atoms with E-state index in [1.165, 1.54) is 0 Å². The van der Waals surface area contributed by atoms with Gasteiger partial charge >= 0.3 is 6.09 Å². The Balaban J connectivity index is 1.90. The number of phenols is 1. The number of phenolic OH excluding ortho intramolecular Hbond substituents is 1. The van der Waals surface area contributed by atoms with Crippen molar-refractivity contribution in [1.29, 1.82) is 0 Å². The number of ether oxygens (including phenoxy) is 1. The second kappa shape index (κ2) is 3.65. The number of amides is 1. The number of hydrogen-bond donors (Lipinski definition) is 1. The van der Waals surface area contributed by atoms with Crippen molar-refractivity contribution < 1.29 is 14.6 Å². The lowest BCUT2D eigenvalue weighted by Crippen LogP contribution is -2.31. The Labute approximate surface area is 99.8 Å². The number of rotatable bonds is 1. The van der Waals surface area contributed by atoms with Crippen LogP contribution in [0.2, 0.25) is 0 Å². The van der Waals surface area contributed by atoms with Crippen LogP contribution < -0.4 is 4.90 Å². The lowest BCUT2D eigenvalue weighted by molar-refractivity contribution is 0.0629. The van der Waals surface area contributed by atoms with E-state index < -0.39 is 0 Å². The molecule has 1 aliphatic heterocycles. The van der Waals surface area contributed by atoms with Gasteiger partial charge in [-0.15, -0.1) is 0 Å². The van der Waals surface area contributed by atoms with E-state index in [2.05, 4.69) is 0 Å². The number of carbonyl (C=O) groups excluding carboxylic acids is 1. The van der Waals surface area contributed by atoms with Gasteiger partial charge in [-0.3, -0.25) is 4.90 Å². The molecule has 1 heterocycles. The molecule has 0 radical (unpaired) electrons. The van der Waals surface area contributed by atoms with E-state index in [4.69, 9.17) is 4.74 Å². The zero-order valence-electron chi connectivity index (χ0n) is 9.56. The number of carbonyl (C=O) groups is 1. The second-order valence-corrected chi connectivity index (χ2v) is 4.83. The minimum Gasteiger partial charge on any atom is -0.506 e. The van der Waals surface area contributed by atoms with Crippen molar-refractivity contribution in [3.05, 3.63) is 24.3 Å². The Bertz CT molecular complexity index is 452. The summed E-state index contributed by atoms with van der Waals surface area (Å²) in [5.41, 5.74) is 0.237. The van der Waals surface area contributed by atoms with Crippen molar-refractivity contribution in [2.45, 2.75) is 31.3 Å². The summed E-state index contributed by atoms with van der Waals surface area (Å²) in [5, 5.41) is 9.77. The zero-order valence-corrected chi connectivity index (χ0v) is 9.56. The first-order valence-electron chi connectivity index (χ1n) is 5.99. The first-order valence-corrected chi connectivity index (χ1v) is 5.99. The number of hydrogen-bond acceptors (Lipinski definition) is 3. The van der Waals surface area contributed by atoms with Crippen LogP contribution in [0.1, 0.15) is 25.7 Å². The highest BCUT2D eigenvalue weighted by Gasteiger charge is 2.47. The molecule has 1 amide bonds. The number of benzene rings is 1. The van der Waals surface area contributed by atoms with Crippen LogP contribution in [0.15, 0.2) is 24.3 Å². The SMILES string of the molecule is O=C1OC2(CCCC2)CN1c1ccccc1O. The van der Waals surface area contributed by atoms with E-state index >= 15 is 0 Å². The topological polar surface area (TPSA) is 49.8 Å². The molecule has 1 N–H and O–H groups in total. The Morgan fingerprint density at radius 2 is 1.94 bits per heavy atom. The fourth-order valence-electron chi connectivity index (χ4n) is 2.78. The Morgan fingerprint density at radius 1 is 1.24 bits per heavy atom. The van der Waals surface area contributed by atoms with Crippen LogP contribution >= 0.6 is 0 Å². The lowest BCUT2D eigenvalue weighted by atomic mass is 10.0. The summed E-state index contributed by atoms with van der Waals surface area (Å²) in [6.07, 6.45) is 3.75. The molecular formula is C13H15NO3. The van der Waals surface area contributed by atoms with Crippen LogP contribution in [0.5, 0.6) is 5.75 Å². The van der Waals surface area contributed by atoms with Crippen LogP contribution in [0, 0.1) is 0 Å². The molecular weight excluding hydrogens is 218 g/mol. The molecule has 2 aliphatic rings. The van der Waals surface area contributed by atoms with Crippen LogP contribution in [0.25, 0.3) is 0 Å². The van der Waals surface area contributed by atoms with Gasteiger partial charge in [-0.1, -0.05) is 12.1 Å². The van der Waals surface area contributed by atoms with Crippen molar-refractivity contribution in [2.75, 3.05) is 11.4 Å². The predicted octanol–water partition coefficient (Wildman–Crippen LogP) is 2.66. The smallest absolute Gasteiger partial charge is 0.415 e. The molecule has 1 aromatic rings. The summed E-state index contributed by atoms with van der Waals surface area (Å²) >= 11 is 0. The molecule has 1 saturated heterocycles. The summed E-state index contributed by atoms with van der Waals surface area (Å²) in [6.45, 7) is 0.559. The highest BCUT2D eigenvalue weighted by atomic mass is 16.6. The Hall–Kier alpha value is -1.71. The molecule has 1 saturated carbocycles. The third kappa shape index (κ3) is 1.64. The largest absolute Gasteiger partial charge is 0.506 e. The van der Waals surface area contributed by atoms with Crippen molar-refractivity contribution in [3.8, 4) is 5.75 Å². The van der Waals surface area contributed by atoms with Crippen molar-refractivity contribution in [2.24, 2.45) is 0 Å². The average molecular weight is 233 g/mol. The molecule has 4 heteroatoms. The molecule has 1 aromatic carbocycles. The molecule has 17 heavy (non-hydrogen) atoms. The van der Waals surface area contributed by atoms with Crippen LogP contribution in [0.3, 0.4) is 0 Å². The number of para-hydroxylation sites is 2. The van der Waals surface area contributed by atoms with Crippen molar-refractivity contribution in [1.82, 2.24) is 0 Å². The van der Waals surface area contributed by atoms with Gasteiger partial charge in [0, 0.05) is 0 Å². The first-order chi connectivity index (χ1) is 8.20. The lowest BCUT2D eigenvalue weighted by Gasteiger charge is -2.20. The minimum absolute atomic E-state index is 0.125. The third-order valence-corrected chi connectivity index (χ3v) is 3.66. The fourth-order valence-corrected chi connectivity index (χ4v) is 2.78. The standard InChI is InChI=1S/C13H15NO3/c15-11-6-2-1-5-10(11)14-9-13(17-12(14)16)7-3-4-8-13/h1-2,5-6,15H,3-4,7-9H2. The molecule has 4 nitrogen and oxygen atoms in total. The van der Waals surface area contributed by atoms with Gasteiger partial charge in [-0.2, -0.15) is 0 Å². The van der Waals surface area contributed by atoms with Gasteiger partial charge in [0.15, 0.2) is 0 Å². The predicted molar refractivity (Wildman–Crippen MR) is 63.1 cm³/mol. The summed E-state index contributed by atoms with van der Waals surface area (Å²) < 4.78 is 5.51. The summed E-state index contributed by atoms with van der Waals surface area (Å²) in [7, 11) is 0. The summed E-state index contributed by atoms with van der Waals surface area (Å²) in [4.78, 5) is 13.4. The van der Waals surface area contributed by atoms with E-state index in [1.807, 2.05) is 6.07 Å². The summed E-state index contributed by atoms with van der Waals surface area (Å²) in [5.74, 6) is 0.125. The molecule has 0 aromatic heterocycles. The van der Waals surface area contributed by atoms with Gasteiger partial charge in [0.05, 0.1) is 12.2 Å². The quantitative estimate of drug-likeness (QED) is 0.811. The molecule has 1 aliphatic carbocycles. The van der Waals surface area contributed by atoms with Crippen molar-refractivity contribution in [3.63, 3.8) is 0 Å². The van der Waals surface area contributed by atoms with Gasteiger partial charge in [-0.25, -0.2) is 4.79 Å². The van der Waals surface area contributed by atoms with E-state index in [9.17, 15) is 9.90 Å². The third-order valence-electron chi connectivity index (χ3n) is 3.66. The van der Waals surface area contributed by atoms with Crippen LogP contribution in [-0.4, -0.2) is 23.3 Å². The maximum atomic E-state index is 11.9. The van der Waals surface area contributed by atoms with E-state index in [-0.39, 0.29) is 17.4 Å². The van der Waals surface area contributed by atoms with Gasteiger partial charge < -0.3 is 9.84 Å². The van der Waals surface area contributed by atoms with Gasteiger partial charge in [-0.05, 0) is 37.8 Å². The van der Waals surface area contributed by atoms with Gasteiger partial charge in [0.25, 0.3) is 0 Å². The number of nitrogens with zero attached hydrogens (tertiary/aromatic N) is 1. The fraction of sp³-hybridized carbons (Fsp3) is 0.462. The highest BCUT2D eigenvalue weighted by molar-refractivity contribution is 5.92. The van der Waals surface area contributed by atoms with E-state index in [0.29, 0.717) is 12.2 Å². The summed E-state index contributed by atoms with van der Waals surface area (Å²) in [6, 6.07) is 6.88. The van der Waals surface area contributed by atoms with E-state index in [0.717, 1.165) is 25.7 Å². The Kier molecular flexibility index (Phi) is 2.24. The molecule has 0 atom stereocenters. The average Bonchev–Trinajstić information content (AvgIpc) is 2.88. The monoisotopic (exact) mass is 233 g/mol. The van der Waals surface area contributed by atoms with Gasteiger partial charge in [0.1, 0.15) is 11.4 Å². The number of anilines is 1. The van der Waals surface area contributed by atoms with E-state index in [1.54, 1.807) is 23.1 Å². The van der Waals surface area contributed by atoms with Crippen LogP contribution in [-0.2, 0) is 4.74 Å². The maximum Gasteiger partial charge on any atom is 0.415 e. The maximum absolute atomic E-state index is 11.9. The van der Waals surface area contributed by atoms with Gasteiger partial charge in [0.2, 0.25) is 0 Å². The molecule has 1 spiro atoms. The first kappa shape index (κ1) is 10.4. The van der Waals surface area contributed by atoms with Crippen LogP contribution in [0.4, 0.5) is 10.5 Å². The van der Waals surface area contributed by atoms with Crippen molar-refractivity contribution >= 4 is 11.8 Å². The normalized spacial score (nSPS) is 22.1. The molecule has 0 unspecified atom stereocenters. The highest BCUT2D eigenvalue weighted by Crippen LogP contribution is 2.41. The zero-order chi connectivity index (χ0) is 11.9.